The zero-order valence-corrected chi connectivity index (χ0v) is 17.0. The third-order valence-corrected chi connectivity index (χ3v) is 4.94. The number of alkyl halides is 3. The van der Waals surface area contributed by atoms with E-state index in [0.717, 1.165) is 22.2 Å². The average molecular weight is 439 g/mol. The maximum Gasteiger partial charge on any atom is 0.419 e. The summed E-state index contributed by atoms with van der Waals surface area (Å²) in [4.78, 5) is 27.5. The molecular formula is C21H21F4N3O3. The number of cyclic esters (lactones) is 1. The number of nitrogens with one attached hydrogen (secondary N) is 1. The lowest BCUT2D eigenvalue weighted by molar-refractivity contribution is -0.137. The van der Waals surface area contributed by atoms with E-state index < -0.39 is 41.8 Å². The van der Waals surface area contributed by atoms with Crippen LogP contribution in [0, 0.1) is 5.82 Å². The smallest absolute Gasteiger partial charge is 0.419 e. The van der Waals surface area contributed by atoms with Gasteiger partial charge in [0, 0.05) is 26.3 Å². The zero-order valence-electron chi connectivity index (χ0n) is 17.0. The second-order valence-electron chi connectivity index (χ2n) is 7.41. The Morgan fingerprint density at radius 2 is 1.90 bits per heavy atom. The molecule has 1 fully saturated rings. The van der Waals surface area contributed by atoms with Crippen LogP contribution in [0.2, 0.25) is 0 Å². The minimum Gasteiger partial charge on any atom is -0.439 e. The predicted molar refractivity (Wildman–Crippen MR) is 105 cm³/mol. The van der Waals surface area contributed by atoms with E-state index in [1.54, 1.807) is 6.07 Å². The van der Waals surface area contributed by atoms with Crippen molar-refractivity contribution >= 4 is 17.8 Å². The molecule has 10 heteroatoms. The number of rotatable bonds is 4. The molecule has 1 aliphatic rings. The van der Waals surface area contributed by atoms with Gasteiger partial charge in [-0.25, -0.2) is 18.9 Å². The van der Waals surface area contributed by atoms with Gasteiger partial charge in [0.05, 0.1) is 11.6 Å². The van der Waals surface area contributed by atoms with Crippen LogP contribution >= 0.6 is 0 Å². The fourth-order valence-corrected chi connectivity index (χ4v) is 3.33. The number of carbonyl (C=O) groups excluding carboxylic acids is 2. The molecule has 0 aliphatic carbocycles. The SMILES string of the molecule is C[C@H]1[C@@H](c2cc(F)cc(C(F)(F)F)c2)OC(=O)N1C(=O)NCc1cccc(N(C)C)c1. The van der Waals surface area contributed by atoms with E-state index in [1.165, 1.54) is 6.92 Å². The number of amides is 3. The predicted octanol–water partition coefficient (Wildman–Crippen LogP) is 4.70. The Bertz CT molecular complexity index is 994. The van der Waals surface area contributed by atoms with Gasteiger partial charge in [0.1, 0.15) is 11.9 Å². The van der Waals surface area contributed by atoms with E-state index >= 15 is 0 Å². The number of urea groups is 1. The highest BCUT2D eigenvalue weighted by molar-refractivity contribution is 5.92. The van der Waals surface area contributed by atoms with Crippen LogP contribution in [-0.2, 0) is 17.5 Å². The number of ether oxygens (including phenoxy) is 1. The number of hydrogen-bond donors (Lipinski definition) is 1. The van der Waals surface area contributed by atoms with Gasteiger partial charge < -0.3 is 15.0 Å². The monoisotopic (exact) mass is 439 g/mol. The number of halogens is 4. The van der Waals surface area contributed by atoms with E-state index in [9.17, 15) is 27.2 Å². The molecule has 1 saturated heterocycles. The highest BCUT2D eigenvalue weighted by Crippen LogP contribution is 2.37. The molecule has 1 aliphatic heterocycles. The maximum absolute atomic E-state index is 13.8. The van der Waals surface area contributed by atoms with Crippen LogP contribution < -0.4 is 10.2 Å². The van der Waals surface area contributed by atoms with Gasteiger partial charge >= 0.3 is 18.3 Å². The standard InChI is InChI=1S/C21H21F4N3O3/c1-12-18(14-8-15(21(23,24)25)10-16(22)9-14)31-20(30)28(12)19(29)26-11-13-5-4-6-17(7-13)27(2)3/h4-10,12,18H,11H2,1-3H3,(H,26,29)/t12-,18-/m0/s1. The topological polar surface area (TPSA) is 61.9 Å². The number of benzene rings is 2. The maximum atomic E-state index is 13.8. The third kappa shape index (κ3) is 4.89. The molecule has 0 radical (unpaired) electrons. The van der Waals surface area contributed by atoms with E-state index in [-0.39, 0.29) is 12.1 Å². The molecule has 0 spiro atoms. The molecule has 2 aromatic carbocycles. The summed E-state index contributed by atoms with van der Waals surface area (Å²) in [5, 5.41) is 2.60. The average Bonchev–Trinajstić information content (AvgIpc) is 2.99. The zero-order chi connectivity index (χ0) is 22.9. The first-order chi connectivity index (χ1) is 14.5. The Hall–Kier alpha value is -3.30. The van der Waals surface area contributed by atoms with Gasteiger partial charge in [-0.1, -0.05) is 12.1 Å². The van der Waals surface area contributed by atoms with Crippen LogP contribution in [0.15, 0.2) is 42.5 Å². The summed E-state index contributed by atoms with van der Waals surface area (Å²) in [5.41, 5.74) is 0.334. The lowest BCUT2D eigenvalue weighted by atomic mass is 10.0. The van der Waals surface area contributed by atoms with Crippen LogP contribution in [0.25, 0.3) is 0 Å². The van der Waals surface area contributed by atoms with Crippen LogP contribution in [-0.4, -0.2) is 37.2 Å². The fourth-order valence-electron chi connectivity index (χ4n) is 3.33. The van der Waals surface area contributed by atoms with Gasteiger partial charge in [-0.3, -0.25) is 0 Å². The molecule has 166 valence electrons. The Balaban J connectivity index is 1.74. The lowest BCUT2D eigenvalue weighted by Crippen LogP contribution is -2.44. The molecule has 0 bridgehead atoms. The molecule has 2 atom stereocenters. The first-order valence-electron chi connectivity index (χ1n) is 9.39. The largest absolute Gasteiger partial charge is 0.439 e. The van der Waals surface area contributed by atoms with Gasteiger partial charge in [0.25, 0.3) is 0 Å². The van der Waals surface area contributed by atoms with Gasteiger partial charge in [-0.05, 0) is 48.4 Å². The Labute approximate surface area is 176 Å². The van der Waals surface area contributed by atoms with Gasteiger partial charge in [-0.2, -0.15) is 13.2 Å². The highest BCUT2D eigenvalue weighted by Gasteiger charge is 2.44. The number of carbonyl (C=O) groups is 2. The normalized spacial score (nSPS) is 18.7. The van der Waals surface area contributed by atoms with Crippen molar-refractivity contribution in [2.75, 3.05) is 19.0 Å². The van der Waals surface area contributed by atoms with Crippen molar-refractivity contribution < 1.29 is 31.9 Å². The van der Waals surface area contributed by atoms with Crippen molar-refractivity contribution in [2.45, 2.75) is 31.8 Å². The van der Waals surface area contributed by atoms with Crippen LogP contribution in [0.4, 0.5) is 32.8 Å². The Morgan fingerprint density at radius 3 is 2.55 bits per heavy atom. The molecule has 0 aromatic heterocycles. The van der Waals surface area contributed by atoms with Crippen molar-refractivity contribution in [1.82, 2.24) is 10.2 Å². The minimum absolute atomic E-state index is 0.125. The van der Waals surface area contributed by atoms with Gasteiger partial charge in [0.15, 0.2) is 0 Å². The van der Waals surface area contributed by atoms with Gasteiger partial charge in [0.2, 0.25) is 0 Å². The molecule has 0 saturated carbocycles. The third-order valence-electron chi connectivity index (χ3n) is 4.94. The van der Waals surface area contributed by atoms with Crippen molar-refractivity contribution in [3.63, 3.8) is 0 Å². The van der Waals surface area contributed by atoms with Gasteiger partial charge in [-0.15, -0.1) is 0 Å². The summed E-state index contributed by atoms with van der Waals surface area (Å²) in [5.74, 6) is -1.11. The first-order valence-corrected chi connectivity index (χ1v) is 9.39. The summed E-state index contributed by atoms with van der Waals surface area (Å²) < 4.78 is 57.9. The molecule has 3 rings (SSSR count). The van der Waals surface area contributed by atoms with E-state index in [0.29, 0.717) is 12.1 Å². The van der Waals surface area contributed by atoms with Crippen LogP contribution in [0.1, 0.15) is 29.7 Å². The Morgan fingerprint density at radius 1 is 1.19 bits per heavy atom. The van der Waals surface area contributed by atoms with Crippen molar-refractivity contribution in [3.05, 3.63) is 65.0 Å². The van der Waals surface area contributed by atoms with E-state index in [1.807, 2.05) is 37.2 Å². The molecule has 1 N–H and O–H groups in total. The molecule has 31 heavy (non-hydrogen) atoms. The molecule has 0 unspecified atom stereocenters. The first kappa shape index (κ1) is 22.4. The molecule has 3 amide bonds. The summed E-state index contributed by atoms with van der Waals surface area (Å²) >= 11 is 0. The van der Waals surface area contributed by atoms with Crippen molar-refractivity contribution in [2.24, 2.45) is 0 Å². The van der Waals surface area contributed by atoms with E-state index in [2.05, 4.69) is 5.32 Å². The van der Waals surface area contributed by atoms with E-state index in [4.69, 9.17) is 4.74 Å². The van der Waals surface area contributed by atoms with Crippen LogP contribution in [0.5, 0.6) is 0 Å². The summed E-state index contributed by atoms with van der Waals surface area (Å²) in [6.07, 6.45) is -7.01. The molecule has 6 nitrogen and oxygen atoms in total. The quantitative estimate of drug-likeness (QED) is 0.702. The number of imide groups is 1. The Kier molecular flexibility index (Phi) is 6.10. The minimum atomic E-state index is -4.76. The second kappa shape index (κ2) is 8.44. The van der Waals surface area contributed by atoms with Crippen LogP contribution in [0.3, 0.4) is 0 Å². The summed E-state index contributed by atoms with van der Waals surface area (Å²) in [6, 6.07) is 7.60. The number of anilines is 1. The second-order valence-corrected chi connectivity index (χ2v) is 7.41. The lowest BCUT2D eigenvalue weighted by Gasteiger charge is -2.20. The summed E-state index contributed by atoms with van der Waals surface area (Å²) in [6.45, 7) is 1.57. The fraction of sp³-hybridized carbons (Fsp3) is 0.333. The number of nitrogens with zero attached hydrogens (tertiary/aromatic N) is 2. The molecular weight excluding hydrogens is 418 g/mol. The number of hydrogen-bond acceptors (Lipinski definition) is 4. The molecule has 1 heterocycles. The molecule has 2 aromatic rings. The van der Waals surface area contributed by atoms with Crippen molar-refractivity contribution in [1.29, 1.82) is 0 Å². The summed E-state index contributed by atoms with van der Waals surface area (Å²) in [7, 11) is 3.74. The highest BCUT2D eigenvalue weighted by atomic mass is 19.4. The van der Waals surface area contributed by atoms with Crippen molar-refractivity contribution in [3.8, 4) is 0 Å².